The topological polar surface area (TPSA) is 71.7 Å². The van der Waals surface area contributed by atoms with Crippen LogP contribution in [0.4, 0.5) is 0 Å². The van der Waals surface area contributed by atoms with E-state index in [1.165, 1.54) is 6.92 Å². The maximum Gasteiger partial charge on any atom is 0.330 e. The van der Waals surface area contributed by atoms with Gasteiger partial charge in [-0.05, 0) is 13.8 Å². The highest BCUT2D eigenvalue weighted by molar-refractivity contribution is 5.66. The highest BCUT2D eigenvalue weighted by Gasteiger charge is 2.18. The van der Waals surface area contributed by atoms with Crippen LogP contribution in [0.2, 0.25) is 0 Å². The molecule has 1 aromatic heterocycles. The summed E-state index contributed by atoms with van der Waals surface area (Å²) >= 11 is 0. The van der Waals surface area contributed by atoms with Gasteiger partial charge in [-0.2, -0.15) is 0 Å². The lowest BCUT2D eigenvalue weighted by atomic mass is 10.2. The number of hydrogen-bond acceptors (Lipinski definition) is 4. The average molecular weight is 185 g/mol. The van der Waals surface area contributed by atoms with Crippen molar-refractivity contribution in [3.05, 3.63) is 11.1 Å². The third-order valence-corrected chi connectivity index (χ3v) is 1.84. The second-order valence-electron chi connectivity index (χ2n) is 2.77. The van der Waals surface area contributed by atoms with E-state index in [1.54, 1.807) is 13.8 Å². The van der Waals surface area contributed by atoms with E-state index in [-0.39, 0.29) is 11.8 Å². The van der Waals surface area contributed by atoms with Gasteiger partial charge in [0.25, 0.3) is 0 Å². The molecule has 72 valence electrons. The van der Waals surface area contributed by atoms with Crippen LogP contribution in [0.1, 0.15) is 18.1 Å². The lowest BCUT2D eigenvalue weighted by molar-refractivity contribution is -0.142. The summed E-state index contributed by atoms with van der Waals surface area (Å²) in [5, 5.41) is 18.7. The number of carbonyl (C=O) groups excluding carboxylic acids is 1. The predicted molar refractivity (Wildman–Crippen MR) is 44.5 cm³/mol. The van der Waals surface area contributed by atoms with Gasteiger partial charge in [0, 0.05) is 18.1 Å². The fourth-order valence-corrected chi connectivity index (χ4v) is 0.955. The SMILES string of the molecule is CC(=O)On1c(O)c(C)c(C)c1O. The van der Waals surface area contributed by atoms with E-state index in [0.717, 1.165) is 0 Å². The molecule has 0 spiro atoms. The van der Waals surface area contributed by atoms with Crippen molar-refractivity contribution in [1.82, 2.24) is 4.73 Å². The smallest absolute Gasteiger partial charge is 0.330 e. The molecule has 0 aliphatic heterocycles. The van der Waals surface area contributed by atoms with Crippen molar-refractivity contribution in [2.75, 3.05) is 0 Å². The number of aromatic nitrogens is 1. The Morgan fingerprint density at radius 1 is 1.23 bits per heavy atom. The summed E-state index contributed by atoms with van der Waals surface area (Å²) in [5.74, 6) is -1.13. The molecular formula is C8H11NO4. The predicted octanol–water partition coefficient (Wildman–Crippen LogP) is 0.491. The Kier molecular flexibility index (Phi) is 2.18. The maximum atomic E-state index is 10.6. The van der Waals surface area contributed by atoms with E-state index in [1.807, 2.05) is 0 Å². The molecule has 0 radical (unpaired) electrons. The first kappa shape index (κ1) is 9.44. The number of carbonyl (C=O) groups is 1. The van der Waals surface area contributed by atoms with Gasteiger partial charge in [-0.1, -0.05) is 0 Å². The summed E-state index contributed by atoms with van der Waals surface area (Å²) in [6.45, 7) is 4.41. The van der Waals surface area contributed by atoms with Gasteiger partial charge in [0.1, 0.15) is 0 Å². The first-order valence-corrected chi connectivity index (χ1v) is 3.74. The molecule has 0 bridgehead atoms. The van der Waals surface area contributed by atoms with Crippen molar-refractivity contribution >= 4 is 5.97 Å². The second kappa shape index (κ2) is 3.01. The first-order chi connectivity index (χ1) is 5.95. The lowest BCUT2D eigenvalue weighted by Crippen LogP contribution is -2.15. The molecule has 5 heteroatoms. The molecule has 0 saturated heterocycles. The standard InChI is InChI=1S/C8H11NO4/c1-4-5(2)8(12)9(7(4)11)13-6(3)10/h11-12H,1-3H3. The van der Waals surface area contributed by atoms with Gasteiger partial charge in [-0.25, -0.2) is 4.79 Å². The minimum absolute atomic E-state index is 0.259. The van der Waals surface area contributed by atoms with E-state index >= 15 is 0 Å². The summed E-state index contributed by atoms with van der Waals surface area (Å²) in [6, 6.07) is 0. The molecule has 0 aliphatic carbocycles. The Labute approximate surface area is 75.1 Å². The molecule has 1 heterocycles. The van der Waals surface area contributed by atoms with Gasteiger partial charge in [0.15, 0.2) is 0 Å². The molecule has 1 rings (SSSR count). The van der Waals surface area contributed by atoms with Gasteiger partial charge in [0.2, 0.25) is 11.8 Å². The van der Waals surface area contributed by atoms with Crippen LogP contribution in [-0.2, 0) is 4.79 Å². The van der Waals surface area contributed by atoms with E-state index in [4.69, 9.17) is 0 Å². The third kappa shape index (κ3) is 1.44. The zero-order valence-electron chi connectivity index (χ0n) is 7.66. The highest BCUT2D eigenvalue weighted by atomic mass is 16.7. The van der Waals surface area contributed by atoms with Crippen LogP contribution in [-0.4, -0.2) is 20.9 Å². The number of aromatic hydroxyl groups is 2. The van der Waals surface area contributed by atoms with Crippen LogP contribution >= 0.6 is 0 Å². The summed E-state index contributed by atoms with van der Waals surface area (Å²) in [4.78, 5) is 15.1. The second-order valence-corrected chi connectivity index (χ2v) is 2.77. The van der Waals surface area contributed by atoms with Crippen molar-refractivity contribution in [1.29, 1.82) is 0 Å². The molecule has 0 saturated carbocycles. The normalized spacial score (nSPS) is 10.1. The van der Waals surface area contributed by atoms with Crippen molar-refractivity contribution in [3.8, 4) is 11.8 Å². The van der Waals surface area contributed by atoms with E-state index in [9.17, 15) is 15.0 Å². The Morgan fingerprint density at radius 3 is 1.92 bits per heavy atom. The number of nitrogens with zero attached hydrogens (tertiary/aromatic N) is 1. The number of rotatable bonds is 1. The Bertz CT molecular complexity index is 328. The molecule has 0 amide bonds. The maximum absolute atomic E-state index is 10.6. The molecule has 2 N–H and O–H groups in total. The van der Waals surface area contributed by atoms with Gasteiger partial charge in [-0.3, -0.25) is 0 Å². The summed E-state index contributed by atoms with van der Waals surface area (Å²) < 4.78 is 0.701. The largest absolute Gasteiger partial charge is 0.492 e. The van der Waals surface area contributed by atoms with Gasteiger partial charge < -0.3 is 15.1 Å². The molecule has 0 atom stereocenters. The van der Waals surface area contributed by atoms with E-state index in [2.05, 4.69) is 4.84 Å². The quantitative estimate of drug-likeness (QED) is 0.668. The summed E-state index contributed by atoms with van der Waals surface area (Å²) in [5.41, 5.74) is 0.970. The molecule has 0 unspecified atom stereocenters. The monoisotopic (exact) mass is 185 g/mol. The Morgan fingerprint density at radius 2 is 1.62 bits per heavy atom. The van der Waals surface area contributed by atoms with E-state index in [0.29, 0.717) is 15.9 Å². The molecule has 1 aromatic rings. The highest BCUT2D eigenvalue weighted by Crippen LogP contribution is 2.30. The van der Waals surface area contributed by atoms with Crippen LogP contribution in [0.15, 0.2) is 0 Å². The molecule has 0 aliphatic rings. The number of hydrogen-bond donors (Lipinski definition) is 2. The Balaban J connectivity index is 3.21. The van der Waals surface area contributed by atoms with Crippen LogP contribution in [0.5, 0.6) is 11.8 Å². The zero-order valence-corrected chi connectivity index (χ0v) is 7.66. The third-order valence-electron chi connectivity index (χ3n) is 1.84. The van der Waals surface area contributed by atoms with Crippen LogP contribution in [0.25, 0.3) is 0 Å². The van der Waals surface area contributed by atoms with Crippen molar-refractivity contribution in [3.63, 3.8) is 0 Å². The molecule has 0 aromatic carbocycles. The van der Waals surface area contributed by atoms with Gasteiger partial charge in [-0.15, -0.1) is 4.73 Å². The fourth-order valence-electron chi connectivity index (χ4n) is 0.955. The summed E-state index contributed by atoms with van der Waals surface area (Å²) in [6.07, 6.45) is 0. The molecule has 0 fully saturated rings. The molecular weight excluding hydrogens is 174 g/mol. The van der Waals surface area contributed by atoms with Crippen LogP contribution in [0.3, 0.4) is 0 Å². The van der Waals surface area contributed by atoms with Gasteiger partial charge in [0.05, 0.1) is 0 Å². The Hall–Kier alpha value is -1.65. The first-order valence-electron chi connectivity index (χ1n) is 3.74. The zero-order chi connectivity index (χ0) is 10.2. The van der Waals surface area contributed by atoms with Gasteiger partial charge >= 0.3 is 5.97 Å². The lowest BCUT2D eigenvalue weighted by Gasteiger charge is -2.03. The van der Waals surface area contributed by atoms with Crippen molar-refractivity contribution < 1.29 is 19.8 Å². The molecule has 13 heavy (non-hydrogen) atoms. The van der Waals surface area contributed by atoms with Crippen molar-refractivity contribution in [2.24, 2.45) is 0 Å². The summed E-state index contributed by atoms with van der Waals surface area (Å²) in [7, 11) is 0. The minimum Gasteiger partial charge on any atom is -0.492 e. The molecule has 5 nitrogen and oxygen atoms in total. The fraction of sp³-hybridized carbons (Fsp3) is 0.375. The minimum atomic E-state index is -0.611. The average Bonchev–Trinajstić information content (AvgIpc) is 2.22. The van der Waals surface area contributed by atoms with Crippen molar-refractivity contribution in [2.45, 2.75) is 20.8 Å². The van der Waals surface area contributed by atoms with Crippen LogP contribution in [0, 0.1) is 13.8 Å². The van der Waals surface area contributed by atoms with E-state index < -0.39 is 5.97 Å². The van der Waals surface area contributed by atoms with Crippen LogP contribution < -0.4 is 4.84 Å².